The smallest absolute Gasteiger partial charge is 0.279 e. The molecule has 13 heteroatoms. The molecule has 0 aliphatic carbocycles. The number of aromatic nitrogens is 5. The van der Waals surface area contributed by atoms with E-state index in [1.54, 1.807) is 35.9 Å². The number of halogens is 1. The van der Waals surface area contributed by atoms with Gasteiger partial charge in [-0.3, -0.25) is 19.4 Å². The molecule has 1 amide bonds. The quantitative estimate of drug-likeness (QED) is 0.115. The number of aromatic amines is 1. The maximum atomic E-state index is 16.5. The Morgan fingerprint density at radius 3 is 2.54 bits per heavy atom. The van der Waals surface area contributed by atoms with Crippen molar-refractivity contribution in [3.05, 3.63) is 136 Å². The maximum Gasteiger partial charge on any atom is 0.279 e. The second-order valence-electron chi connectivity index (χ2n) is 14.9. The zero-order valence-electron chi connectivity index (χ0n) is 30.6. The van der Waals surface area contributed by atoms with Crippen molar-refractivity contribution in [2.24, 2.45) is 5.92 Å². The van der Waals surface area contributed by atoms with Crippen LogP contribution in [-0.4, -0.2) is 64.0 Å². The van der Waals surface area contributed by atoms with Crippen LogP contribution in [-0.2, 0) is 28.2 Å². The molecule has 2 N–H and O–H groups in total. The number of H-pyrrole nitrogens is 1. The van der Waals surface area contributed by atoms with Gasteiger partial charge in [0, 0.05) is 29.8 Å². The van der Waals surface area contributed by atoms with Gasteiger partial charge in [0.25, 0.3) is 11.5 Å². The van der Waals surface area contributed by atoms with E-state index in [2.05, 4.69) is 15.4 Å². The van der Waals surface area contributed by atoms with Gasteiger partial charge < -0.3 is 23.6 Å². The Hall–Kier alpha value is -5.37. The molecule has 4 heterocycles. The number of ether oxygens (including phenoxy) is 2. The number of nitrogens with one attached hydrogen (secondary N) is 1. The van der Waals surface area contributed by atoms with Gasteiger partial charge >= 0.3 is 0 Å². The summed E-state index contributed by atoms with van der Waals surface area (Å²) in [7, 11) is -1.84. The van der Waals surface area contributed by atoms with Gasteiger partial charge in [-0.15, -0.1) is 5.10 Å². The Morgan fingerprint density at radius 1 is 1.02 bits per heavy atom. The highest BCUT2D eigenvalue weighted by Gasteiger charge is 2.66. The standard InChI is InChI=1S/C41H43FN6O5Si/c1-26-38(54(3,4)42)37(19-20-46-24-35(43-45-46)32(25-49)28-12-6-5-7-13-28)53-41(26)33-22-30(52-2)17-18-36(33)47(40(41)51)23-27-11-10-14-29(21-27)48-39(50)31-15-8-9-16-34(31)44-48/h5-18,21-22,24,26,32,37-38,44,49H,19-20,23,25H2,1-4H3/t26-,32?,37+,38-,41+/m1/s1. The Morgan fingerprint density at radius 2 is 1.80 bits per heavy atom. The SMILES string of the molecule is COc1ccc2c(c1)[C@]1(O[C@@H](CCn3cc(C(CO)c4ccccc4)nn3)[C@H]([Si](C)(C)F)[C@H]1C)C(=O)N2Cc1cccc(-n2[nH]c3ccccc3c2=O)c1. The second kappa shape index (κ2) is 13.8. The number of benzene rings is 4. The molecular formula is C41H43FN6O5Si. The van der Waals surface area contributed by atoms with Crippen molar-refractivity contribution in [1.82, 2.24) is 24.8 Å². The number of para-hydroxylation sites is 1. The van der Waals surface area contributed by atoms with Crippen molar-refractivity contribution in [2.45, 2.75) is 62.7 Å². The van der Waals surface area contributed by atoms with Gasteiger partial charge in [-0.05, 0) is 73.1 Å². The number of hydrogen-bond donors (Lipinski definition) is 2. The number of amides is 1. The molecule has 2 aliphatic heterocycles. The Bertz CT molecular complexity index is 2390. The van der Waals surface area contributed by atoms with Gasteiger partial charge in [-0.2, -0.15) is 0 Å². The number of carbonyl (C=O) groups excluding carboxylic acids is 1. The molecule has 0 saturated carbocycles. The molecule has 54 heavy (non-hydrogen) atoms. The average Bonchev–Trinajstić information content (AvgIpc) is 3.91. The molecule has 1 spiro atoms. The van der Waals surface area contributed by atoms with Crippen LogP contribution in [0.5, 0.6) is 5.75 Å². The third kappa shape index (κ3) is 5.96. The number of methoxy groups -OCH3 is 1. The second-order valence-corrected chi connectivity index (χ2v) is 18.6. The summed E-state index contributed by atoms with van der Waals surface area (Å²) in [5.74, 6) is -0.498. The summed E-state index contributed by atoms with van der Waals surface area (Å²) in [5, 5.41) is 22.7. The number of nitrogens with zero attached hydrogens (tertiary/aromatic N) is 5. The molecular weight excluding hydrogens is 704 g/mol. The van der Waals surface area contributed by atoms with Crippen LogP contribution in [0.15, 0.2) is 108 Å². The van der Waals surface area contributed by atoms with Crippen LogP contribution in [0.3, 0.4) is 0 Å². The number of rotatable bonds is 11. The van der Waals surface area contributed by atoms with Gasteiger partial charge in [-0.1, -0.05) is 66.7 Å². The molecule has 1 fully saturated rings. The lowest BCUT2D eigenvalue weighted by Crippen LogP contribution is -2.45. The fourth-order valence-electron chi connectivity index (χ4n) is 8.69. The average molecular weight is 747 g/mol. The van der Waals surface area contributed by atoms with E-state index in [1.165, 1.54) is 4.68 Å². The summed E-state index contributed by atoms with van der Waals surface area (Å²) in [6, 6.07) is 30.1. The van der Waals surface area contributed by atoms with Gasteiger partial charge in [0.2, 0.25) is 8.41 Å². The van der Waals surface area contributed by atoms with E-state index in [4.69, 9.17) is 9.47 Å². The number of hydrogen-bond acceptors (Lipinski definition) is 7. The zero-order chi connectivity index (χ0) is 37.8. The third-order valence-corrected chi connectivity index (χ3v) is 13.7. The molecule has 0 bridgehead atoms. The van der Waals surface area contributed by atoms with Crippen molar-refractivity contribution < 1.29 is 23.5 Å². The van der Waals surface area contributed by atoms with Crippen LogP contribution in [0.4, 0.5) is 9.80 Å². The first-order valence-corrected chi connectivity index (χ1v) is 21.2. The fraction of sp³-hybridized carbons (Fsp3) is 0.317. The summed E-state index contributed by atoms with van der Waals surface area (Å²) in [6.45, 7) is 5.78. The lowest BCUT2D eigenvalue weighted by molar-refractivity contribution is -0.146. The Labute approximate surface area is 313 Å². The van der Waals surface area contributed by atoms with Gasteiger partial charge in [0.1, 0.15) is 5.75 Å². The van der Waals surface area contributed by atoms with Crippen molar-refractivity contribution >= 4 is 30.9 Å². The Balaban J connectivity index is 1.10. The minimum absolute atomic E-state index is 0.120. The van der Waals surface area contributed by atoms with Gasteiger partial charge in [0.05, 0.1) is 60.3 Å². The Kier molecular flexibility index (Phi) is 9.11. The monoisotopic (exact) mass is 746 g/mol. The lowest BCUT2D eigenvalue weighted by atomic mass is 9.82. The van der Waals surface area contributed by atoms with E-state index < -0.39 is 31.6 Å². The van der Waals surface area contributed by atoms with E-state index in [1.807, 2.05) is 104 Å². The molecule has 8 rings (SSSR count). The molecule has 1 saturated heterocycles. The highest BCUT2D eigenvalue weighted by atomic mass is 28.4. The predicted octanol–water partition coefficient (Wildman–Crippen LogP) is 6.46. The first-order valence-electron chi connectivity index (χ1n) is 18.3. The number of anilines is 1. The molecule has 5 atom stereocenters. The number of fused-ring (bicyclic) bond motifs is 3. The maximum absolute atomic E-state index is 16.5. The summed E-state index contributed by atoms with van der Waals surface area (Å²) >= 11 is 0. The molecule has 278 valence electrons. The predicted molar refractivity (Wildman–Crippen MR) is 206 cm³/mol. The van der Waals surface area contributed by atoms with E-state index >= 15 is 8.90 Å². The molecule has 2 aromatic heterocycles. The van der Waals surface area contributed by atoms with Crippen molar-refractivity contribution in [1.29, 1.82) is 0 Å². The molecule has 4 aromatic carbocycles. The van der Waals surface area contributed by atoms with E-state index in [0.29, 0.717) is 46.7 Å². The summed E-state index contributed by atoms with van der Waals surface area (Å²) < 4.78 is 32.3. The van der Waals surface area contributed by atoms with Crippen LogP contribution in [0.2, 0.25) is 18.6 Å². The molecule has 1 unspecified atom stereocenters. The van der Waals surface area contributed by atoms with Crippen LogP contribution in [0, 0.1) is 5.92 Å². The fourth-order valence-corrected chi connectivity index (χ4v) is 11.2. The van der Waals surface area contributed by atoms with E-state index in [9.17, 15) is 9.90 Å². The summed E-state index contributed by atoms with van der Waals surface area (Å²) in [4.78, 5) is 30.0. The van der Waals surface area contributed by atoms with Crippen molar-refractivity contribution in [3.8, 4) is 11.4 Å². The third-order valence-electron chi connectivity index (χ3n) is 11.2. The number of aliphatic hydroxyl groups excluding tert-OH is 1. The lowest BCUT2D eigenvalue weighted by Gasteiger charge is -2.31. The summed E-state index contributed by atoms with van der Waals surface area (Å²) in [5.41, 5.74) is 2.98. The van der Waals surface area contributed by atoms with Crippen molar-refractivity contribution in [2.75, 3.05) is 18.6 Å². The molecule has 2 aliphatic rings. The van der Waals surface area contributed by atoms with Crippen LogP contribution < -0.4 is 15.2 Å². The topological polar surface area (TPSA) is 127 Å². The van der Waals surface area contributed by atoms with Crippen molar-refractivity contribution in [3.63, 3.8) is 0 Å². The molecule has 0 radical (unpaired) electrons. The summed E-state index contributed by atoms with van der Waals surface area (Å²) in [6.07, 6.45) is 1.64. The first-order chi connectivity index (χ1) is 26.0. The number of aliphatic hydroxyl groups is 1. The van der Waals surface area contributed by atoms with Crippen LogP contribution >= 0.6 is 0 Å². The normalized spacial score (nSPS) is 21.6. The van der Waals surface area contributed by atoms with Crippen LogP contribution in [0.1, 0.15) is 41.6 Å². The van der Waals surface area contributed by atoms with Gasteiger partial charge in [-0.25, -0.2) is 4.68 Å². The number of carbonyl (C=O) groups is 1. The minimum atomic E-state index is -3.42. The largest absolute Gasteiger partial charge is 0.497 e. The molecule has 6 aromatic rings. The van der Waals surface area contributed by atoms with E-state index in [0.717, 1.165) is 16.6 Å². The van der Waals surface area contributed by atoms with Crippen LogP contribution in [0.25, 0.3) is 16.6 Å². The first kappa shape index (κ1) is 35.6. The highest BCUT2D eigenvalue weighted by molar-refractivity contribution is 6.72. The minimum Gasteiger partial charge on any atom is -0.497 e. The molecule has 11 nitrogen and oxygen atoms in total. The van der Waals surface area contributed by atoms with Gasteiger partial charge in [0.15, 0.2) is 5.60 Å². The van der Waals surface area contributed by atoms with E-state index in [-0.39, 0.29) is 30.5 Å². The number of aryl methyl sites for hydroxylation is 1. The zero-order valence-corrected chi connectivity index (χ0v) is 31.6. The highest BCUT2D eigenvalue weighted by Crippen LogP contribution is 2.60.